The molecule has 0 spiro atoms. The van der Waals surface area contributed by atoms with Crippen LogP contribution in [0.4, 0.5) is 0 Å². The molecule has 4 heterocycles. The van der Waals surface area contributed by atoms with E-state index in [2.05, 4.69) is 223 Å². The molecule has 0 saturated heterocycles. The van der Waals surface area contributed by atoms with Crippen LogP contribution in [0, 0.1) is 69.0 Å². The Morgan fingerprint density at radius 1 is 0.221 bits per heavy atom. The van der Waals surface area contributed by atoms with Crippen molar-refractivity contribution in [3.8, 4) is 89.5 Å². The second-order valence-corrected chi connectivity index (χ2v) is 22.5. The molecule has 0 N–H and O–H groups in total. The highest BCUT2D eigenvalue weighted by atomic mass is 14.9. The summed E-state index contributed by atoms with van der Waals surface area (Å²) in [5, 5.41) is 0. The second-order valence-electron chi connectivity index (χ2n) is 22.5. The van der Waals surface area contributed by atoms with Gasteiger partial charge in [-0.15, -0.1) is 0 Å². The molecule has 8 aromatic carbocycles. The minimum absolute atomic E-state index is 0.279. The third-order valence-electron chi connectivity index (χ3n) is 15.7. The third-order valence-corrected chi connectivity index (χ3v) is 15.7. The number of benzene rings is 8. The Bertz CT molecular complexity index is 4660. The van der Waals surface area contributed by atoms with Gasteiger partial charge in [0.05, 0.1) is 0 Å². The van der Waals surface area contributed by atoms with Gasteiger partial charge in [0, 0.05) is 81.1 Å². The van der Waals surface area contributed by atoms with Crippen LogP contribution in [-0.4, -0.2) is 0 Å². The van der Waals surface area contributed by atoms with E-state index >= 15 is 0 Å². The molecule has 0 bridgehead atoms. The molecular weight excluding hydrogens is 1040 g/mol. The smallest absolute Gasteiger partial charge is 0.201 e. The summed E-state index contributed by atoms with van der Waals surface area (Å²) in [5.41, 5.74) is 27.2. The minimum atomic E-state index is -2.25. The number of rotatable bonds is 8. The van der Waals surface area contributed by atoms with Gasteiger partial charge in [0.1, 0.15) is 28.2 Å². The highest BCUT2D eigenvalue weighted by molar-refractivity contribution is 5.75. The summed E-state index contributed by atoms with van der Waals surface area (Å²) < 4.78 is 77.3. The van der Waals surface area contributed by atoms with Crippen molar-refractivity contribution in [2.45, 2.75) is 69.0 Å². The zero-order chi connectivity index (χ0) is 68.5. The molecule has 0 aliphatic carbocycles. The summed E-state index contributed by atoms with van der Waals surface area (Å²) in [6, 6.07) is 77.7. The fraction of sp³-hybridized carbons (Fsp3) is 0.171. The van der Waals surface area contributed by atoms with Gasteiger partial charge in [-0.3, -0.25) is 0 Å². The van der Waals surface area contributed by atoms with Gasteiger partial charge in [-0.1, -0.05) is 181 Å². The van der Waals surface area contributed by atoms with Gasteiger partial charge in [-0.2, -0.15) is 0 Å². The molecular formula is C82H84N4+4. The molecule has 0 unspecified atom stereocenters. The van der Waals surface area contributed by atoms with E-state index in [-0.39, 0.29) is 5.56 Å². The van der Waals surface area contributed by atoms with Crippen molar-refractivity contribution in [1.82, 2.24) is 0 Å². The first-order valence-corrected chi connectivity index (χ1v) is 29.2. The molecule has 0 amide bonds. The zero-order valence-corrected chi connectivity index (χ0v) is 51.5. The average molecular weight is 1130 g/mol. The lowest BCUT2D eigenvalue weighted by atomic mass is 9.97. The van der Waals surface area contributed by atoms with Gasteiger partial charge >= 0.3 is 0 Å². The lowest BCUT2D eigenvalue weighted by molar-refractivity contribution is -0.660. The predicted octanol–water partition coefficient (Wildman–Crippen LogP) is 18.5. The van der Waals surface area contributed by atoms with Crippen molar-refractivity contribution in [3.63, 3.8) is 0 Å². The largest absolute Gasteiger partial charge is 0.213 e. The maximum absolute atomic E-state index is 7.93. The van der Waals surface area contributed by atoms with Gasteiger partial charge in [0.15, 0.2) is 24.8 Å². The van der Waals surface area contributed by atoms with Crippen LogP contribution < -0.4 is 18.3 Å². The van der Waals surface area contributed by atoms with Gasteiger partial charge in [-0.05, 0) is 172 Å². The minimum Gasteiger partial charge on any atom is -0.201 e. The molecule has 0 aliphatic heterocycles. The fourth-order valence-electron chi connectivity index (χ4n) is 11.2. The van der Waals surface area contributed by atoms with Crippen LogP contribution in [0.15, 0.2) is 255 Å². The van der Waals surface area contributed by atoms with Crippen molar-refractivity contribution in [2.75, 3.05) is 0 Å². The molecule has 4 heteroatoms. The summed E-state index contributed by atoms with van der Waals surface area (Å²) in [4.78, 5) is 0. The number of aromatic nitrogens is 4. The topological polar surface area (TPSA) is 15.5 Å². The zero-order valence-electron chi connectivity index (χ0n) is 60.5. The Hall–Kier alpha value is -9.64. The molecule has 4 nitrogen and oxygen atoms in total. The molecule has 428 valence electrons. The van der Waals surface area contributed by atoms with Gasteiger partial charge in [0.25, 0.3) is 0 Å². The highest BCUT2D eigenvalue weighted by Crippen LogP contribution is 2.32. The van der Waals surface area contributed by atoms with E-state index in [1.807, 2.05) is 79.2 Å². The first-order chi connectivity index (χ1) is 45.0. The van der Waals surface area contributed by atoms with E-state index in [0.29, 0.717) is 16.7 Å². The molecule has 0 aliphatic rings. The lowest BCUT2D eigenvalue weighted by Crippen LogP contribution is -2.31. The molecule has 0 atom stereocenters. The third kappa shape index (κ3) is 14.8. The molecule has 4 aromatic heterocycles. The Balaban J connectivity index is 0.000000150. The number of pyridine rings is 4. The maximum atomic E-state index is 7.93. The monoisotopic (exact) mass is 1130 g/mol. The van der Waals surface area contributed by atoms with Crippen LogP contribution in [-0.2, 0) is 28.2 Å². The van der Waals surface area contributed by atoms with Gasteiger partial charge in [-0.25, -0.2) is 18.3 Å². The Kier molecular flexibility index (Phi) is 16.1. The first-order valence-electron chi connectivity index (χ1n) is 33.7. The van der Waals surface area contributed by atoms with Crippen molar-refractivity contribution in [1.29, 1.82) is 0 Å². The highest BCUT2D eigenvalue weighted by Gasteiger charge is 2.20. The summed E-state index contributed by atoms with van der Waals surface area (Å²) >= 11 is 0. The Morgan fingerprint density at radius 3 is 0.977 bits per heavy atom. The number of aryl methyl sites for hydroxylation is 14. The number of hydrogen-bond donors (Lipinski definition) is 0. The van der Waals surface area contributed by atoms with Crippen LogP contribution in [0.2, 0.25) is 0 Å². The van der Waals surface area contributed by atoms with E-state index in [1.54, 1.807) is 48.3 Å². The standard InChI is InChI=1S/2C21H22N.2C20H20N/c2*1-15-10-11-19(16(2)12-15)21-13-20(17(3)14-22(21)4)18-8-6-5-7-9-18;2*1-15-9-12-20(21(3)14-15)19-11-10-18(13-16(19)2)17-7-5-4-6-8-17/h2*5-14H,1-4H3;2*4-14H,1-3H3/q4*+1/i1D3,3D3;;1D3;. The Labute approximate surface area is 526 Å². The van der Waals surface area contributed by atoms with Crippen molar-refractivity contribution in [3.05, 3.63) is 311 Å². The van der Waals surface area contributed by atoms with Crippen molar-refractivity contribution < 1.29 is 30.6 Å². The second kappa shape index (κ2) is 27.8. The van der Waals surface area contributed by atoms with Gasteiger partial charge < -0.3 is 0 Å². The molecule has 86 heavy (non-hydrogen) atoms. The maximum Gasteiger partial charge on any atom is 0.213 e. The molecule has 0 saturated carbocycles. The van der Waals surface area contributed by atoms with Crippen LogP contribution in [0.1, 0.15) is 68.0 Å². The average Bonchev–Trinajstić information content (AvgIpc) is 0.786. The molecule has 0 fully saturated rings. The van der Waals surface area contributed by atoms with E-state index in [0.717, 1.165) is 39.2 Å². The summed E-state index contributed by atoms with van der Waals surface area (Å²) in [6.07, 6.45) is 7.71. The first kappa shape index (κ1) is 49.8. The predicted molar refractivity (Wildman–Crippen MR) is 361 cm³/mol. The molecule has 12 rings (SSSR count). The SMILES string of the molecule is Cc1ccc(-c2cc(-c3ccccc3)c(C)c[n+]2C)c(C)c1.Cc1ccc(-c2ccc(-c3ccccc3)cc2C)[n+](C)c1.[2H]C([2H])([2H])c1ccc(-c2cc(-c3ccccc3)c(C([2H])([2H])[2H])c[n+]2C)c(C)c1.[2H]C([2H])([2H])c1ccc(-c2ccc(-c3ccccc3)cc2C)[n+](C)c1. The number of hydrogen-bond acceptors (Lipinski definition) is 0. The number of nitrogens with zero attached hydrogens (tertiary/aromatic N) is 4. The van der Waals surface area contributed by atoms with Crippen molar-refractivity contribution in [2.24, 2.45) is 28.2 Å². The molecule has 12 aromatic rings. The normalized spacial score (nSPS) is 12.7. The van der Waals surface area contributed by atoms with E-state index in [1.165, 1.54) is 83.7 Å². The molecule has 0 radical (unpaired) electrons. The fourth-order valence-corrected chi connectivity index (χ4v) is 11.2. The quantitative estimate of drug-likeness (QED) is 0.135. The summed E-state index contributed by atoms with van der Waals surface area (Å²) in [6.45, 7) is 8.26. The lowest BCUT2D eigenvalue weighted by Gasteiger charge is -2.10. The Morgan fingerprint density at radius 2 is 0.558 bits per heavy atom. The van der Waals surface area contributed by atoms with Crippen LogP contribution >= 0.6 is 0 Å². The van der Waals surface area contributed by atoms with Crippen LogP contribution in [0.5, 0.6) is 0 Å². The van der Waals surface area contributed by atoms with Gasteiger partial charge in [0.2, 0.25) is 22.8 Å². The summed E-state index contributed by atoms with van der Waals surface area (Å²) in [7, 11) is 7.91. The van der Waals surface area contributed by atoms with Crippen LogP contribution in [0.3, 0.4) is 0 Å². The van der Waals surface area contributed by atoms with Crippen molar-refractivity contribution >= 4 is 0 Å². The van der Waals surface area contributed by atoms with E-state index in [4.69, 9.17) is 12.3 Å². The van der Waals surface area contributed by atoms with E-state index < -0.39 is 20.6 Å². The summed E-state index contributed by atoms with van der Waals surface area (Å²) in [5.74, 6) is 0. The van der Waals surface area contributed by atoms with E-state index in [9.17, 15) is 0 Å². The van der Waals surface area contributed by atoms with Crippen LogP contribution in [0.25, 0.3) is 89.5 Å².